The second-order valence-corrected chi connectivity index (χ2v) is 5.89. The first-order chi connectivity index (χ1) is 11.7. The second-order valence-electron chi connectivity index (χ2n) is 5.89. The molecule has 1 aromatic heterocycles. The van der Waals surface area contributed by atoms with Crippen LogP contribution in [-0.4, -0.2) is 37.1 Å². The maximum absolute atomic E-state index is 12.6. The van der Waals surface area contributed by atoms with Crippen LogP contribution in [0.4, 0.5) is 0 Å². The Kier molecular flexibility index (Phi) is 3.86. The normalized spacial score (nSPS) is 18.8. The van der Waals surface area contributed by atoms with Crippen molar-refractivity contribution in [1.82, 2.24) is 10.5 Å². The van der Waals surface area contributed by atoms with Crippen molar-refractivity contribution in [2.75, 3.05) is 19.9 Å². The van der Waals surface area contributed by atoms with E-state index in [0.717, 1.165) is 25.0 Å². The summed E-state index contributed by atoms with van der Waals surface area (Å²) in [6, 6.07) is 5.41. The van der Waals surface area contributed by atoms with Crippen molar-refractivity contribution in [3.05, 3.63) is 29.5 Å². The van der Waals surface area contributed by atoms with Crippen LogP contribution in [0.2, 0.25) is 0 Å². The van der Waals surface area contributed by atoms with Crippen molar-refractivity contribution >= 4 is 5.91 Å². The quantitative estimate of drug-likeness (QED) is 0.926. The van der Waals surface area contributed by atoms with Gasteiger partial charge in [-0.25, -0.2) is 0 Å². The zero-order valence-corrected chi connectivity index (χ0v) is 13.3. The maximum atomic E-state index is 12.6. The first-order valence-corrected chi connectivity index (χ1v) is 7.98. The number of nitrogens with one attached hydrogen (secondary N) is 1. The Bertz CT molecular complexity index is 764. The number of benzene rings is 1. The molecule has 126 valence electrons. The summed E-state index contributed by atoms with van der Waals surface area (Å²) in [7, 11) is 0. The molecule has 1 unspecified atom stereocenters. The van der Waals surface area contributed by atoms with Crippen LogP contribution >= 0.6 is 0 Å². The monoisotopic (exact) mass is 330 g/mol. The molecule has 2 aromatic rings. The van der Waals surface area contributed by atoms with Crippen LogP contribution in [0.5, 0.6) is 11.5 Å². The molecule has 0 radical (unpaired) electrons. The van der Waals surface area contributed by atoms with Gasteiger partial charge < -0.3 is 24.1 Å². The molecular weight excluding hydrogens is 312 g/mol. The summed E-state index contributed by atoms with van der Waals surface area (Å²) in [5.41, 5.74) is 1.71. The predicted molar refractivity (Wildman–Crippen MR) is 84.1 cm³/mol. The second kappa shape index (κ2) is 6.16. The Labute approximate surface area is 138 Å². The average Bonchev–Trinajstić information content (AvgIpc) is 3.32. The number of carbonyl (C=O) groups excluding carboxylic acids is 1. The van der Waals surface area contributed by atoms with Crippen molar-refractivity contribution < 1.29 is 23.5 Å². The van der Waals surface area contributed by atoms with E-state index in [-0.39, 0.29) is 18.8 Å². The van der Waals surface area contributed by atoms with Gasteiger partial charge in [-0.05, 0) is 38.0 Å². The number of ether oxygens (including phenoxy) is 3. The third-order valence-electron chi connectivity index (χ3n) is 4.24. The molecule has 1 amide bonds. The van der Waals surface area contributed by atoms with Crippen LogP contribution in [0, 0.1) is 6.92 Å². The highest BCUT2D eigenvalue weighted by atomic mass is 16.7. The Hall–Kier alpha value is -2.54. The topological polar surface area (TPSA) is 82.8 Å². The number of carbonyl (C=O) groups is 1. The summed E-state index contributed by atoms with van der Waals surface area (Å²) in [4.78, 5) is 12.6. The maximum Gasteiger partial charge on any atom is 0.257 e. The van der Waals surface area contributed by atoms with Crippen molar-refractivity contribution in [1.29, 1.82) is 0 Å². The van der Waals surface area contributed by atoms with Gasteiger partial charge in [-0.1, -0.05) is 5.16 Å². The van der Waals surface area contributed by atoms with Crippen LogP contribution in [0.3, 0.4) is 0 Å². The Balaban J connectivity index is 1.57. The molecule has 1 saturated heterocycles. The number of fused-ring (bicyclic) bond motifs is 1. The molecule has 1 fully saturated rings. The van der Waals surface area contributed by atoms with E-state index in [1.807, 2.05) is 6.07 Å². The van der Waals surface area contributed by atoms with Crippen molar-refractivity contribution in [2.24, 2.45) is 0 Å². The third kappa shape index (κ3) is 2.71. The van der Waals surface area contributed by atoms with E-state index >= 15 is 0 Å². The number of hydrogen-bond donors (Lipinski definition) is 1. The summed E-state index contributed by atoms with van der Waals surface area (Å²) in [5, 5.41) is 6.86. The van der Waals surface area contributed by atoms with Crippen LogP contribution < -0.4 is 14.8 Å². The lowest BCUT2D eigenvalue weighted by Gasteiger charge is -2.11. The fraction of sp³-hybridized carbons (Fsp3) is 0.412. The van der Waals surface area contributed by atoms with E-state index in [9.17, 15) is 4.79 Å². The third-order valence-corrected chi connectivity index (χ3v) is 4.24. The van der Waals surface area contributed by atoms with E-state index in [0.29, 0.717) is 35.1 Å². The van der Waals surface area contributed by atoms with Crippen molar-refractivity contribution in [2.45, 2.75) is 25.9 Å². The molecule has 24 heavy (non-hydrogen) atoms. The molecule has 4 rings (SSSR count). The van der Waals surface area contributed by atoms with Gasteiger partial charge in [0.05, 0.1) is 11.8 Å². The van der Waals surface area contributed by atoms with Crippen LogP contribution in [0.1, 0.15) is 28.9 Å². The number of rotatable bonds is 4. The van der Waals surface area contributed by atoms with Crippen LogP contribution in [-0.2, 0) is 4.74 Å². The minimum Gasteiger partial charge on any atom is -0.454 e. The van der Waals surface area contributed by atoms with Crippen LogP contribution in [0.15, 0.2) is 22.7 Å². The SMILES string of the molecule is Cc1noc(-c2ccc3c(c2)OCO3)c1C(=O)NCC1CCCO1. The van der Waals surface area contributed by atoms with Gasteiger partial charge in [0.2, 0.25) is 6.79 Å². The zero-order valence-electron chi connectivity index (χ0n) is 13.3. The Morgan fingerprint density at radius 2 is 2.21 bits per heavy atom. The van der Waals surface area contributed by atoms with E-state index in [4.69, 9.17) is 18.7 Å². The number of aromatic nitrogens is 1. The first-order valence-electron chi connectivity index (χ1n) is 7.98. The van der Waals surface area contributed by atoms with Crippen molar-refractivity contribution in [3.63, 3.8) is 0 Å². The minimum atomic E-state index is -0.211. The molecule has 7 heteroatoms. The first kappa shape index (κ1) is 15.0. The smallest absolute Gasteiger partial charge is 0.257 e. The van der Waals surface area contributed by atoms with Crippen molar-refractivity contribution in [3.8, 4) is 22.8 Å². The summed E-state index contributed by atoms with van der Waals surface area (Å²) < 4.78 is 21.6. The lowest BCUT2D eigenvalue weighted by molar-refractivity contribution is 0.0857. The van der Waals surface area contributed by atoms with E-state index in [2.05, 4.69) is 10.5 Å². The number of aryl methyl sites for hydroxylation is 1. The fourth-order valence-corrected chi connectivity index (χ4v) is 2.97. The molecule has 1 N–H and O–H groups in total. The molecule has 2 aliphatic heterocycles. The molecule has 0 spiro atoms. The van der Waals surface area contributed by atoms with Gasteiger partial charge in [0.25, 0.3) is 5.91 Å². The number of amides is 1. The van der Waals surface area contributed by atoms with Gasteiger partial charge in [-0.15, -0.1) is 0 Å². The predicted octanol–water partition coefficient (Wildman–Crippen LogP) is 2.29. The molecule has 0 bridgehead atoms. The molecule has 2 aliphatic rings. The lowest BCUT2D eigenvalue weighted by atomic mass is 10.1. The lowest BCUT2D eigenvalue weighted by Crippen LogP contribution is -2.32. The van der Waals surface area contributed by atoms with Gasteiger partial charge >= 0.3 is 0 Å². The summed E-state index contributed by atoms with van der Waals surface area (Å²) in [6.07, 6.45) is 2.09. The molecular formula is C17H18N2O5. The van der Waals surface area contributed by atoms with Gasteiger partial charge in [-0.2, -0.15) is 0 Å². The van der Waals surface area contributed by atoms with Crippen LogP contribution in [0.25, 0.3) is 11.3 Å². The molecule has 7 nitrogen and oxygen atoms in total. The molecule has 0 aliphatic carbocycles. The minimum absolute atomic E-state index is 0.0862. The summed E-state index contributed by atoms with van der Waals surface area (Å²) in [5.74, 6) is 1.53. The highest BCUT2D eigenvalue weighted by Gasteiger charge is 2.25. The Morgan fingerprint density at radius 3 is 3.04 bits per heavy atom. The number of hydrogen-bond acceptors (Lipinski definition) is 6. The summed E-state index contributed by atoms with van der Waals surface area (Å²) in [6.45, 7) is 3.20. The zero-order chi connectivity index (χ0) is 16.5. The standard InChI is InChI=1S/C17H18N2O5/c1-10-15(17(20)18-8-12-3-2-6-21-12)16(24-19-10)11-4-5-13-14(7-11)23-9-22-13/h4-5,7,12H,2-3,6,8-9H2,1H3,(H,18,20). The van der Waals surface area contributed by atoms with Gasteiger partial charge in [-0.3, -0.25) is 4.79 Å². The van der Waals surface area contributed by atoms with E-state index < -0.39 is 0 Å². The van der Waals surface area contributed by atoms with Gasteiger partial charge in [0.15, 0.2) is 17.3 Å². The Morgan fingerprint density at radius 1 is 1.33 bits per heavy atom. The fourth-order valence-electron chi connectivity index (χ4n) is 2.97. The van der Waals surface area contributed by atoms with E-state index in [1.54, 1.807) is 19.1 Å². The highest BCUT2D eigenvalue weighted by molar-refractivity contribution is 6.00. The molecule has 0 saturated carbocycles. The van der Waals surface area contributed by atoms with Gasteiger partial charge in [0, 0.05) is 18.7 Å². The van der Waals surface area contributed by atoms with E-state index in [1.165, 1.54) is 0 Å². The molecule has 3 heterocycles. The number of nitrogens with zero attached hydrogens (tertiary/aromatic N) is 1. The molecule has 1 aromatic carbocycles. The van der Waals surface area contributed by atoms with Gasteiger partial charge in [0.1, 0.15) is 5.56 Å². The average molecular weight is 330 g/mol. The highest BCUT2D eigenvalue weighted by Crippen LogP contribution is 2.37. The summed E-state index contributed by atoms with van der Waals surface area (Å²) >= 11 is 0. The largest absolute Gasteiger partial charge is 0.454 e. The molecule has 1 atom stereocenters.